The lowest BCUT2D eigenvalue weighted by Gasteiger charge is -2.43. The number of hydrogen-bond donors (Lipinski definition) is 0. The maximum absolute atomic E-state index is 2.85. The summed E-state index contributed by atoms with van der Waals surface area (Å²) >= 11 is 0. The molecule has 0 saturated carbocycles. The van der Waals surface area contributed by atoms with Crippen LogP contribution in [0.4, 0.5) is 0 Å². The standard InChI is InChI=1S/C29H44N4/c1-18-19(2)32-17-28(18,5)27(21(32)4)25-14-22(16-31(25)8)15-29(6)23-11-13-33(29)20(3)26(23)24-10-9-12-30(24)7/h9-10,12,14,16,18-21,23,26-27H,11,13,15,17H2,1-8H3/t18?,19?,20-,21-,23?,26?,27?,28?,29?/m1/s1. The van der Waals surface area contributed by atoms with Gasteiger partial charge in [-0.05, 0) is 88.1 Å². The first kappa shape index (κ1) is 22.0. The predicted octanol–water partition coefficient (Wildman–Crippen LogP) is 5.00. The molecule has 4 fully saturated rings. The van der Waals surface area contributed by atoms with Gasteiger partial charge in [-0.2, -0.15) is 0 Å². The Hall–Kier alpha value is -1.52. The maximum Gasteiger partial charge on any atom is 0.0260 e. The molecule has 33 heavy (non-hydrogen) atoms. The molecule has 4 nitrogen and oxygen atoms in total. The van der Waals surface area contributed by atoms with E-state index in [9.17, 15) is 0 Å². The molecule has 11 atom stereocenters. The molecule has 6 rings (SSSR count). The zero-order chi connectivity index (χ0) is 23.4. The quantitative estimate of drug-likeness (QED) is 0.654. The fourth-order valence-corrected chi connectivity index (χ4v) is 9.54. The van der Waals surface area contributed by atoms with Crippen molar-refractivity contribution in [3.05, 3.63) is 47.5 Å². The van der Waals surface area contributed by atoms with Gasteiger partial charge in [0.25, 0.3) is 0 Å². The summed E-state index contributed by atoms with van der Waals surface area (Å²) < 4.78 is 4.84. The molecule has 0 N–H and O–H groups in total. The number of nitrogens with zero attached hydrogens (tertiary/aromatic N) is 4. The minimum Gasteiger partial charge on any atom is -0.354 e. The van der Waals surface area contributed by atoms with E-state index in [0.29, 0.717) is 35.4 Å². The van der Waals surface area contributed by atoms with Gasteiger partial charge in [-0.25, -0.2) is 0 Å². The molecule has 4 aliphatic rings. The lowest BCUT2D eigenvalue weighted by atomic mass is 9.65. The maximum atomic E-state index is 2.85. The highest BCUT2D eigenvalue weighted by Gasteiger charge is 2.61. The van der Waals surface area contributed by atoms with Crippen LogP contribution in [0, 0.1) is 17.3 Å². The first-order chi connectivity index (χ1) is 15.6. The summed E-state index contributed by atoms with van der Waals surface area (Å²) in [4.78, 5) is 5.62. The van der Waals surface area contributed by atoms with E-state index in [1.807, 2.05) is 0 Å². The second-order valence-electron chi connectivity index (χ2n) is 12.7. The van der Waals surface area contributed by atoms with Gasteiger partial charge < -0.3 is 9.13 Å². The minimum atomic E-state index is 0.252. The van der Waals surface area contributed by atoms with Crippen molar-refractivity contribution < 1.29 is 0 Å². The molecule has 0 spiro atoms. The molecule has 9 unspecified atom stereocenters. The van der Waals surface area contributed by atoms with E-state index < -0.39 is 0 Å². The van der Waals surface area contributed by atoms with E-state index in [-0.39, 0.29) is 5.54 Å². The third-order valence-corrected chi connectivity index (χ3v) is 11.4. The SMILES string of the molecule is CC1C(C)C2(C)CN1[C@H](C)C2c1cc(CC2(C)C3CCN2[C@H](C)C3c2cccn2C)cn1C. The van der Waals surface area contributed by atoms with Gasteiger partial charge in [0, 0.05) is 79.9 Å². The fourth-order valence-electron chi connectivity index (χ4n) is 9.54. The van der Waals surface area contributed by atoms with Crippen LogP contribution >= 0.6 is 0 Å². The Balaban J connectivity index is 1.31. The molecule has 0 aromatic carbocycles. The summed E-state index contributed by atoms with van der Waals surface area (Å²) in [6, 6.07) is 9.13. The first-order valence-electron chi connectivity index (χ1n) is 13.4. The summed E-state index contributed by atoms with van der Waals surface area (Å²) in [6.45, 7) is 17.5. The van der Waals surface area contributed by atoms with Crippen molar-refractivity contribution in [1.82, 2.24) is 18.9 Å². The predicted molar refractivity (Wildman–Crippen MR) is 136 cm³/mol. The molecule has 0 aliphatic carbocycles. The molecule has 180 valence electrons. The summed E-state index contributed by atoms with van der Waals surface area (Å²) in [6.07, 6.45) is 7.19. The Kier molecular flexibility index (Phi) is 4.67. The van der Waals surface area contributed by atoms with E-state index in [1.165, 1.54) is 31.6 Å². The van der Waals surface area contributed by atoms with Gasteiger partial charge in [0.15, 0.2) is 0 Å². The van der Waals surface area contributed by atoms with Gasteiger partial charge >= 0.3 is 0 Å². The van der Waals surface area contributed by atoms with Crippen molar-refractivity contribution in [3.8, 4) is 0 Å². The zero-order valence-corrected chi connectivity index (χ0v) is 22.0. The molecule has 4 saturated heterocycles. The number of piperidine rings is 2. The Labute approximate surface area is 200 Å². The van der Waals surface area contributed by atoms with Crippen LogP contribution in [0.2, 0.25) is 0 Å². The Morgan fingerprint density at radius 3 is 2.39 bits per heavy atom. The number of rotatable bonds is 4. The van der Waals surface area contributed by atoms with Crippen LogP contribution in [0.3, 0.4) is 0 Å². The fraction of sp³-hybridized carbons (Fsp3) is 0.724. The molecule has 4 heteroatoms. The van der Waals surface area contributed by atoms with E-state index >= 15 is 0 Å². The summed E-state index contributed by atoms with van der Waals surface area (Å²) in [5.41, 5.74) is 5.27. The Morgan fingerprint density at radius 2 is 1.73 bits per heavy atom. The van der Waals surface area contributed by atoms with Crippen LogP contribution in [0.1, 0.15) is 76.8 Å². The van der Waals surface area contributed by atoms with Crippen LogP contribution in [0.15, 0.2) is 30.6 Å². The highest BCUT2D eigenvalue weighted by molar-refractivity contribution is 5.33. The molecular formula is C29H44N4. The third kappa shape index (κ3) is 2.71. The van der Waals surface area contributed by atoms with Gasteiger partial charge in [0.2, 0.25) is 0 Å². The summed E-state index contributed by atoms with van der Waals surface area (Å²) in [5, 5.41) is 0. The molecule has 4 aliphatic heterocycles. The largest absolute Gasteiger partial charge is 0.354 e. The van der Waals surface area contributed by atoms with Crippen molar-refractivity contribution in [2.45, 2.75) is 89.9 Å². The molecular weight excluding hydrogens is 404 g/mol. The molecule has 0 amide bonds. The lowest BCUT2D eigenvalue weighted by molar-refractivity contribution is 0.109. The highest BCUT2D eigenvalue weighted by atomic mass is 15.3. The normalized spacial score (nSPS) is 48.3. The van der Waals surface area contributed by atoms with Crippen LogP contribution < -0.4 is 0 Å². The second-order valence-corrected chi connectivity index (χ2v) is 12.7. The van der Waals surface area contributed by atoms with Gasteiger partial charge in [-0.15, -0.1) is 0 Å². The second kappa shape index (κ2) is 7.01. The van der Waals surface area contributed by atoms with Crippen LogP contribution in [-0.4, -0.2) is 55.7 Å². The van der Waals surface area contributed by atoms with Crippen LogP contribution in [0.5, 0.6) is 0 Å². The number of aromatic nitrogens is 2. The summed E-state index contributed by atoms with van der Waals surface area (Å²) in [5.74, 6) is 2.76. The minimum absolute atomic E-state index is 0.252. The van der Waals surface area contributed by atoms with Crippen molar-refractivity contribution in [2.24, 2.45) is 31.3 Å². The van der Waals surface area contributed by atoms with Crippen molar-refractivity contribution in [3.63, 3.8) is 0 Å². The Morgan fingerprint density at radius 1 is 0.970 bits per heavy atom. The van der Waals surface area contributed by atoms with E-state index in [0.717, 1.165) is 11.8 Å². The molecule has 0 radical (unpaired) electrons. The average molecular weight is 449 g/mol. The molecule has 4 bridgehead atoms. The number of aryl methyl sites for hydroxylation is 2. The molecule has 2 aromatic rings. The van der Waals surface area contributed by atoms with Crippen LogP contribution in [-0.2, 0) is 20.5 Å². The number of fused-ring (bicyclic) bond motifs is 4. The van der Waals surface area contributed by atoms with E-state index in [2.05, 4.69) is 105 Å². The topological polar surface area (TPSA) is 16.3 Å². The number of hydrogen-bond acceptors (Lipinski definition) is 2. The van der Waals surface area contributed by atoms with Crippen molar-refractivity contribution in [2.75, 3.05) is 13.1 Å². The van der Waals surface area contributed by atoms with Gasteiger partial charge in [-0.3, -0.25) is 9.80 Å². The smallest absolute Gasteiger partial charge is 0.0260 e. The molecule has 6 heterocycles. The van der Waals surface area contributed by atoms with Gasteiger partial charge in [0.1, 0.15) is 0 Å². The monoisotopic (exact) mass is 448 g/mol. The van der Waals surface area contributed by atoms with E-state index in [1.54, 1.807) is 11.3 Å². The van der Waals surface area contributed by atoms with Crippen LogP contribution in [0.25, 0.3) is 0 Å². The highest BCUT2D eigenvalue weighted by Crippen LogP contribution is 2.59. The average Bonchev–Trinajstić information content (AvgIpc) is 3.54. The third-order valence-electron chi connectivity index (χ3n) is 11.4. The Bertz CT molecular complexity index is 1070. The zero-order valence-electron chi connectivity index (χ0n) is 22.0. The first-order valence-corrected chi connectivity index (χ1v) is 13.4. The van der Waals surface area contributed by atoms with Gasteiger partial charge in [-0.1, -0.05) is 13.8 Å². The lowest BCUT2D eigenvalue weighted by Crippen LogP contribution is -2.45. The van der Waals surface area contributed by atoms with Gasteiger partial charge in [0.05, 0.1) is 0 Å². The van der Waals surface area contributed by atoms with Crippen molar-refractivity contribution >= 4 is 0 Å². The summed E-state index contributed by atoms with van der Waals surface area (Å²) in [7, 11) is 4.52. The molecule has 2 aromatic heterocycles. The van der Waals surface area contributed by atoms with E-state index in [4.69, 9.17) is 0 Å². The van der Waals surface area contributed by atoms with Crippen molar-refractivity contribution in [1.29, 1.82) is 0 Å².